The predicted molar refractivity (Wildman–Crippen MR) is 148 cm³/mol. The Morgan fingerprint density at radius 3 is 2.42 bits per heavy atom. The molecule has 3 aromatic rings. The van der Waals surface area contributed by atoms with Crippen LogP contribution in [0.25, 0.3) is 11.4 Å². The fourth-order valence-corrected chi connectivity index (χ4v) is 6.23. The molecule has 1 aromatic carbocycles. The van der Waals surface area contributed by atoms with Gasteiger partial charge in [-0.05, 0) is 50.4 Å². The molecule has 0 saturated carbocycles. The number of rotatable bonds is 7. The average Bonchev–Trinajstić information content (AvgIpc) is 3.34. The number of hydrogen-bond donors (Lipinski definition) is 2. The van der Waals surface area contributed by atoms with E-state index in [1.165, 1.54) is 5.56 Å². The molecule has 2 aliphatic rings. The van der Waals surface area contributed by atoms with E-state index in [9.17, 15) is 9.90 Å². The van der Waals surface area contributed by atoms with Crippen molar-refractivity contribution in [2.45, 2.75) is 70.9 Å². The summed E-state index contributed by atoms with van der Waals surface area (Å²) in [5.41, 5.74) is 1.99. The molecule has 5 rings (SSSR count). The first-order chi connectivity index (χ1) is 18.0. The van der Waals surface area contributed by atoms with E-state index < -0.39 is 5.60 Å². The summed E-state index contributed by atoms with van der Waals surface area (Å²) in [5, 5.41) is 20.3. The van der Waals surface area contributed by atoms with Crippen LogP contribution in [0.4, 0.5) is 0 Å². The minimum absolute atomic E-state index is 0.0318. The van der Waals surface area contributed by atoms with Crippen molar-refractivity contribution in [1.82, 2.24) is 30.0 Å². The molecule has 0 aliphatic carbocycles. The number of amides is 1. The Morgan fingerprint density at radius 1 is 1.11 bits per heavy atom. The number of aliphatic hydroxyl groups is 1. The number of nitrogens with one attached hydrogen (secondary N) is 1. The van der Waals surface area contributed by atoms with Crippen molar-refractivity contribution in [3.05, 3.63) is 65.2 Å². The van der Waals surface area contributed by atoms with Crippen molar-refractivity contribution >= 4 is 5.91 Å². The Morgan fingerprint density at radius 2 is 1.82 bits per heavy atom. The van der Waals surface area contributed by atoms with Gasteiger partial charge in [-0.25, -0.2) is 9.67 Å². The van der Waals surface area contributed by atoms with Crippen LogP contribution in [0.5, 0.6) is 0 Å². The third kappa shape index (κ3) is 4.54. The van der Waals surface area contributed by atoms with Gasteiger partial charge in [-0.15, -0.1) is 0 Å². The number of aromatic nitrogens is 4. The third-order valence-electron chi connectivity index (χ3n) is 8.28. The second-order valence-electron chi connectivity index (χ2n) is 12.1. The Bertz CT molecular complexity index is 1310. The van der Waals surface area contributed by atoms with Gasteiger partial charge in [0, 0.05) is 67.0 Å². The van der Waals surface area contributed by atoms with Crippen LogP contribution in [-0.2, 0) is 10.4 Å². The van der Waals surface area contributed by atoms with Crippen LogP contribution in [0, 0.1) is 5.41 Å². The van der Waals surface area contributed by atoms with Crippen molar-refractivity contribution in [1.29, 1.82) is 0 Å². The first-order valence-corrected chi connectivity index (χ1v) is 13.7. The summed E-state index contributed by atoms with van der Waals surface area (Å²) in [6, 6.07) is 10.4. The molecule has 202 valence electrons. The van der Waals surface area contributed by atoms with Gasteiger partial charge < -0.3 is 15.3 Å². The largest absolute Gasteiger partial charge is 0.380 e. The van der Waals surface area contributed by atoms with Crippen LogP contribution in [0.1, 0.15) is 87.9 Å². The van der Waals surface area contributed by atoms with Gasteiger partial charge in [-0.3, -0.25) is 9.78 Å². The van der Waals surface area contributed by atoms with Crippen LogP contribution in [0.3, 0.4) is 0 Å². The quantitative estimate of drug-likeness (QED) is 0.488. The van der Waals surface area contributed by atoms with Crippen molar-refractivity contribution in [3.63, 3.8) is 0 Å². The highest BCUT2D eigenvalue weighted by molar-refractivity contribution is 5.77. The number of carbonyl (C=O) groups is 1. The second kappa shape index (κ2) is 9.89. The molecule has 1 unspecified atom stereocenters. The molecule has 0 radical (unpaired) electrons. The summed E-state index contributed by atoms with van der Waals surface area (Å²) >= 11 is 0. The lowest BCUT2D eigenvalue weighted by molar-refractivity contribution is -0.127. The highest BCUT2D eigenvalue weighted by Crippen LogP contribution is 2.50. The molecule has 8 heteroatoms. The average molecular weight is 517 g/mol. The summed E-state index contributed by atoms with van der Waals surface area (Å²) < 4.78 is 1.93. The molecule has 0 spiro atoms. The lowest BCUT2D eigenvalue weighted by Crippen LogP contribution is -2.63. The van der Waals surface area contributed by atoms with Gasteiger partial charge in [0.2, 0.25) is 5.91 Å². The highest BCUT2D eigenvalue weighted by Gasteiger charge is 2.55. The summed E-state index contributed by atoms with van der Waals surface area (Å²) in [6.07, 6.45) is 4.79. The van der Waals surface area contributed by atoms with Gasteiger partial charge in [0.15, 0.2) is 5.82 Å². The van der Waals surface area contributed by atoms with E-state index >= 15 is 0 Å². The number of hydrogen-bond acceptors (Lipinski definition) is 6. The molecule has 4 heterocycles. The number of piperidine rings is 1. The summed E-state index contributed by atoms with van der Waals surface area (Å²) in [7, 11) is 2.08. The Labute approximate surface area is 225 Å². The van der Waals surface area contributed by atoms with E-state index in [1.54, 1.807) is 12.4 Å². The molecular formula is C30H40N6O2. The number of likely N-dealkylation sites (tertiary alicyclic amines) is 1. The van der Waals surface area contributed by atoms with Crippen LogP contribution >= 0.6 is 0 Å². The Balaban J connectivity index is 1.58. The normalized spacial score (nSPS) is 21.3. The zero-order valence-electron chi connectivity index (χ0n) is 23.4. The Hall–Kier alpha value is -3.10. The molecule has 0 bridgehead atoms. The van der Waals surface area contributed by atoms with Gasteiger partial charge in [-0.1, -0.05) is 45.0 Å². The van der Waals surface area contributed by atoms with E-state index in [0.29, 0.717) is 24.7 Å². The fourth-order valence-electron chi connectivity index (χ4n) is 6.23. The first kappa shape index (κ1) is 26.5. The monoisotopic (exact) mass is 516 g/mol. The van der Waals surface area contributed by atoms with Gasteiger partial charge in [-0.2, -0.15) is 5.10 Å². The van der Waals surface area contributed by atoms with Crippen molar-refractivity contribution in [3.8, 4) is 11.4 Å². The maximum atomic E-state index is 12.6. The molecule has 2 N–H and O–H groups in total. The molecule has 2 saturated heterocycles. The van der Waals surface area contributed by atoms with Gasteiger partial charge >= 0.3 is 0 Å². The smallest absolute Gasteiger partial charge is 0.220 e. The van der Waals surface area contributed by atoms with E-state index in [2.05, 4.69) is 81.1 Å². The number of carbonyl (C=O) groups excluding carboxylic acids is 1. The van der Waals surface area contributed by atoms with Gasteiger partial charge in [0.25, 0.3) is 0 Å². The zero-order chi connectivity index (χ0) is 27.2. The summed E-state index contributed by atoms with van der Waals surface area (Å²) in [5.74, 6) is 1.91. The standard InChI is InChI=1S/C30H40N6O2/c1-19(2)21-7-9-24(10-8-21)30(38,29(5)17-35(6)18-29)25-13-23(15-31-16-25)27-33-28(36(34-27)20(3)4)22-11-12-32-26(37)14-22/h7-10,13,15-16,19-20,22,38H,11-12,14,17-18H2,1-6H3,(H,32,37)/t22?,30-/m0/s1. The first-order valence-electron chi connectivity index (χ1n) is 13.7. The molecule has 1 amide bonds. The SMILES string of the molecule is CC(C)c1ccc([C@](O)(c2cncc(-c3nc(C4CCNC(=O)C4)n(C(C)C)n3)c2)C2(C)CN(C)C2)cc1. The van der Waals surface area contributed by atoms with Crippen molar-refractivity contribution < 1.29 is 9.90 Å². The number of pyridine rings is 1. The van der Waals surface area contributed by atoms with Gasteiger partial charge in [0.05, 0.1) is 0 Å². The third-order valence-corrected chi connectivity index (χ3v) is 8.28. The van der Waals surface area contributed by atoms with E-state index in [1.807, 2.05) is 10.7 Å². The molecule has 2 aliphatic heterocycles. The Kier molecular flexibility index (Phi) is 6.90. The lowest BCUT2D eigenvalue weighted by Gasteiger charge is -2.55. The topological polar surface area (TPSA) is 96.2 Å². The minimum atomic E-state index is -1.23. The molecule has 2 aromatic heterocycles. The van der Waals surface area contributed by atoms with E-state index in [-0.39, 0.29) is 23.3 Å². The maximum Gasteiger partial charge on any atom is 0.220 e. The highest BCUT2D eigenvalue weighted by atomic mass is 16.3. The van der Waals surface area contributed by atoms with E-state index in [4.69, 9.17) is 10.1 Å². The lowest BCUT2D eigenvalue weighted by atomic mass is 9.62. The number of nitrogens with zero attached hydrogens (tertiary/aromatic N) is 5. The van der Waals surface area contributed by atoms with E-state index in [0.717, 1.165) is 42.0 Å². The maximum absolute atomic E-state index is 12.6. The van der Waals surface area contributed by atoms with Crippen molar-refractivity contribution in [2.75, 3.05) is 26.7 Å². The molecule has 2 fully saturated rings. The van der Waals surface area contributed by atoms with Gasteiger partial charge in [0.1, 0.15) is 11.4 Å². The van der Waals surface area contributed by atoms with Crippen LogP contribution < -0.4 is 5.32 Å². The van der Waals surface area contributed by atoms with Crippen LogP contribution in [0.15, 0.2) is 42.7 Å². The fraction of sp³-hybridized carbons (Fsp3) is 0.533. The number of benzene rings is 1. The summed E-state index contributed by atoms with van der Waals surface area (Å²) in [4.78, 5) is 23.8. The van der Waals surface area contributed by atoms with Crippen LogP contribution in [-0.4, -0.2) is 62.3 Å². The zero-order valence-corrected chi connectivity index (χ0v) is 23.4. The van der Waals surface area contributed by atoms with Crippen molar-refractivity contribution in [2.24, 2.45) is 5.41 Å². The predicted octanol–water partition coefficient (Wildman–Crippen LogP) is 4.23. The minimum Gasteiger partial charge on any atom is -0.380 e. The molecule has 2 atom stereocenters. The van der Waals surface area contributed by atoms with Crippen LogP contribution in [0.2, 0.25) is 0 Å². The summed E-state index contributed by atoms with van der Waals surface area (Å²) in [6.45, 7) is 12.8. The molecule has 38 heavy (non-hydrogen) atoms. The molecular weight excluding hydrogens is 476 g/mol. The second-order valence-corrected chi connectivity index (χ2v) is 12.1. The molecule has 8 nitrogen and oxygen atoms in total.